The largest absolute Gasteiger partial charge is 0.492 e. The molecule has 0 heterocycles. The second kappa shape index (κ2) is 7.50. The Morgan fingerprint density at radius 1 is 1.19 bits per heavy atom. The van der Waals surface area contributed by atoms with E-state index in [1.165, 1.54) is 18.2 Å². The lowest BCUT2D eigenvalue weighted by Crippen LogP contribution is -2.32. The fourth-order valence-corrected chi connectivity index (χ4v) is 1.73. The molecule has 0 radical (unpaired) electrons. The van der Waals surface area contributed by atoms with Gasteiger partial charge in [0.1, 0.15) is 18.2 Å². The topological polar surface area (TPSA) is 50.4 Å². The van der Waals surface area contributed by atoms with Crippen molar-refractivity contribution in [3.05, 3.63) is 59.4 Å². The van der Waals surface area contributed by atoms with Crippen LogP contribution in [0.2, 0.25) is 5.02 Å². The van der Waals surface area contributed by atoms with Crippen LogP contribution in [-0.2, 0) is 0 Å². The minimum Gasteiger partial charge on any atom is -0.492 e. The minimum absolute atomic E-state index is 0.318. The molecule has 0 saturated carbocycles. The maximum atomic E-state index is 12.9. The Balaban J connectivity index is 1.68. The number of amides is 2. The van der Waals surface area contributed by atoms with Crippen molar-refractivity contribution in [1.29, 1.82) is 0 Å². The zero-order valence-corrected chi connectivity index (χ0v) is 11.9. The normalized spacial score (nSPS) is 10.0. The van der Waals surface area contributed by atoms with Crippen LogP contribution in [0.1, 0.15) is 0 Å². The predicted molar refractivity (Wildman–Crippen MR) is 80.4 cm³/mol. The minimum atomic E-state index is -0.416. The van der Waals surface area contributed by atoms with Crippen molar-refractivity contribution in [2.45, 2.75) is 0 Å². The van der Waals surface area contributed by atoms with E-state index in [-0.39, 0.29) is 0 Å². The van der Waals surface area contributed by atoms with E-state index < -0.39 is 11.8 Å². The van der Waals surface area contributed by atoms with E-state index in [1.807, 2.05) is 0 Å². The van der Waals surface area contributed by atoms with Crippen LogP contribution >= 0.6 is 11.6 Å². The van der Waals surface area contributed by atoms with Gasteiger partial charge in [-0.3, -0.25) is 0 Å². The lowest BCUT2D eigenvalue weighted by Gasteiger charge is -2.09. The Hall–Kier alpha value is -2.27. The number of carbonyl (C=O) groups is 1. The first kappa shape index (κ1) is 15.1. The lowest BCUT2D eigenvalue weighted by molar-refractivity contribution is 0.247. The first-order chi connectivity index (χ1) is 10.1. The molecule has 2 amide bonds. The van der Waals surface area contributed by atoms with E-state index in [9.17, 15) is 9.18 Å². The number of hydrogen-bond donors (Lipinski definition) is 2. The molecule has 2 aromatic rings. The Morgan fingerprint density at radius 2 is 1.95 bits per heavy atom. The van der Waals surface area contributed by atoms with E-state index in [1.54, 1.807) is 30.3 Å². The number of urea groups is 1. The van der Waals surface area contributed by atoms with Crippen LogP contribution in [0.15, 0.2) is 48.5 Å². The van der Waals surface area contributed by atoms with Gasteiger partial charge in [-0.2, -0.15) is 0 Å². The van der Waals surface area contributed by atoms with E-state index in [2.05, 4.69) is 10.6 Å². The zero-order chi connectivity index (χ0) is 15.1. The van der Waals surface area contributed by atoms with Crippen LogP contribution in [0, 0.1) is 5.82 Å². The molecule has 2 aromatic carbocycles. The van der Waals surface area contributed by atoms with Crippen LogP contribution in [0.4, 0.5) is 14.9 Å². The van der Waals surface area contributed by atoms with Gasteiger partial charge in [0, 0.05) is 10.7 Å². The first-order valence-corrected chi connectivity index (χ1v) is 6.70. The molecule has 4 nitrogen and oxygen atoms in total. The molecule has 2 rings (SSSR count). The van der Waals surface area contributed by atoms with Crippen molar-refractivity contribution in [2.75, 3.05) is 18.5 Å². The van der Waals surface area contributed by atoms with Crippen LogP contribution in [0.5, 0.6) is 5.75 Å². The predicted octanol–water partition coefficient (Wildman–Crippen LogP) is 3.68. The summed E-state index contributed by atoms with van der Waals surface area (Å²) in [6, 6.07) is 12.2. The van der Waals surface area contributed by atoms with Gasteiger partial charge < -0.3 is 15.4 Å². The fourth-order valence-electron chi connectivity index (χ4n) is 1.61. The number of rotatable bonds is 5. The molecule has 6 heteroatoms. The van der Waals surface area contributed by atoms with Gasteiger partial charge in [-0.05, 0) is 42.5 Å². The third-order valence-electron chi connectivity index (χ3n) is 2.55. The van der Waals surface area contributed by atoms with Gasteiger partial charge in [0.2, 0.25) is 0 Å². The van der Waals surface area contributed by atoms with Crippen molar-refractivity contribution < 1.29 is 13.9 Å². The third-order valence-corrected chi connectivity index (χ3v) is 2.80. The second-order valence-electron chi connectivity index (χ2n) is 4.19. The summed E-state index contributed by atoms with van der Waals surface area (Å²) in [5.74, 6) is 0.269. The summed E-state index contributed by atoms with van der Waals surface area (Å²) >= 11 is 5.76. The maximum absolute atomic E-state index is 12.9. The number of carbonyl (C=O) groups excluding carboxylic acids is 1. The van der Waals surface area contributed by atoms with Crippen molar-refractivity contribution in [3.8, 4) is 5.75 Å². The van der Waals surface area contributed by atoms with E-state index in [0.29, 0.717) is 29.6 Å². The van der Waals surface area contributed by atoms with Crippen molar-refractivity contribution in [1.82, 2.24) is 5.32 Å². The number of ether oxygens (including phenoxy) is 1. The highest BCUT2D eigenvalue weighted by Crippen LogP contribution is 2.15. The zero-order valence-electron chi connectivity index (χ0n) is 11.1. The average Bonchev–Trinajstić information content (AvgIpc) is 2.45. The number of benzene rings is 2. The molecule has 0 fully saturated rings. The highest BCUT2D eigenvalue weighted by Gasteiger charge is 2.02. The van der Waals surface area contributed by atoms with Gasteiger partial charge in [0.05, 0.1) is 6.54 Å². The molecule has 2 N–H and O–H groups in total. The van der Waals surface area contributed by atoms with Crippen LogP contribution < -0.4 is 15.4 Å². The molecule has 0 aliphatic rings. The molecule has 0 atom stereocenters. The molecule has 0 aromatic heterocycles. The van der Waals surface area contributed by atoms with E-state index >= 15 is 0 Å². The Kier molecular flexibility index (Phi) is 5.40. The van der Waals surface area contributed by atoms with Crippen LogP contribution in [-0.4, -0.2) is 19.2 Å². The Labute approximate surface area is 126 Å². The van der Waals surface area contributed by atoms with Gasteiger partial charge in [-0.15, -0.1) is 0 Å². The summed E-state index contributed by atoms with van der Waals surface area (Å²) in [5, 5.41) is 5.77. The summed E-state index contributed by atoms with van der Waals surface area (Å²) in [7, 11) is 0. The second-order valence-corrected chi connectivity index (χ2v) is 4.63. The van der Waals surface area contributed by atoms with Crippen LogP contribution in [0.3, 0.4) is 0 Å². The number of nitrogens with one attached hydrogen (secondary N) is 2. The molecule has 0 aliphatic carbocycles. The van der Waals surface area contributed by atoms with Crippen molar-refractivity contribution >= 4 is 23.3 Å². The fraction of sp³-hybridized carbons (Fsp3) is 0.133. The van der Waals surface area contributed by atoms with E-state index in [0.717, 1.165) is 0 Å². The van der Waals surface area contributed by atoms with E-state index in [4.69, 9.17) is 16.3 Å². The Morgan fingerprint density at radius 3 is 2.67 bits per heavy atom. The molecule has 21 heavy (non-hydrogen) atoms. The van der Waals surface area contributed by atoms with Gasteiger partial charge in [0.15, 0.2) is 0 Å². The molecule has 0 spiro atoms. The third kappa shape index (κ3) is 5.31. The number of halogens is 2. The summed E-state index contributed by atoms with van der Waals surface area (Å²) in [6.45, 7) is 0.641. The lowest BCUT2D eigenvalue weighted by atomic mass is 10.3. The van der Waals surface area contributed by atoms with Crippen molar-refractivity contribution in [2.24, 2.45) is 0 Å². The molecule has 0 unspecified atom stereocenters. The summed E-state index contributed by atoms with van der Waals surface area (Å²) in [6.07, 6.45) is 0. The molecular weight excluding hydrogens is 295 g/mol. The smallest absolute Gasteiger partial charge is 0.319 e. The molecule has 0 saturated heterocycles. The summed E-state index contributed by atoms with van der Waals surface area (Å²) < 4.78 is 18.4. The molecule has 0 bridgehead atoms. The quantitative estimate of drug-likeness (QED) is 0.828. The monoisotopic (exact) mass is 308 g/mol. The molecular formula is C15H14ClFN2O2. The highest BCUT2D eigenvalue weighted by molar-refractivity contribution is 6.30. The average molecular weight is 309 g/mol. The Bertz CT molecular complexity index is 605. The SMILES string of the molecule is O=C(NCCOc1ccc(Cl)cc1)Nc1cccc(F)c1. The molecule has 110 valence electrons. The van der Waals surface area contributed by atoms with Gasteiger partial charge >= 0.3 is 6.03 Å². The standard InChI is InChI=1S/C15H14ClFN2O2/c16-11-4-6-14(7-5-11)21-9-8-18-15(20)19-13-3-1-2-12(17)10-13/h1-7,10H,8-9H2,(H2,18,19,20). The summed E-state index contributed by atoms with van der Waals surface area (Å²) in [4.78, 5) is 11.6. The first-order valence-electron chi connectivity index (χ1n) is 6.32. The van der Waals surface area contributed by atoms with Gasteiger partial charge in [-0.25, -0.2) is 9.18 Å². The van der Waals surface area contributed by atoms with Crippen LogP contribution in [0.25, 0.3) is 0 Å². The van der Waals surface area contributed by atoms with Gasteiger partial charge in [0.25, 0.3) is 0 Å². The number of hydrogen-bond acceptors (Lipinski definition) is 2. The van der Waals surface area contributed by atoms with Crippen molar-refractivity contribution in [3.63, 3.8) is 0 Å². The highest BCUT2D eigenvalue weighted by atomic mass is 35.5. The molecule has 0 aliphatic heterocycles. The number of anilines is 1. The summed E-state index contributed by atoms with van der Waals surface area (Å²) in [5.41, 5.74) is 0.395. The maximum Gasteiger partial charge on any atom is 0.319 e. The van der Waals surface area contributed by atoms with Gasteiger partial charge in [-0.1, -0.05) is 17.7 Å².